The fourth-order valence-corrected chi connectivity index (χ4v) is 2.89. The van der Waals surface area contributed by atoms with Gasteiger partial charge in [0.1, 0.15) is 11.6 Å². The van der Waals surface area contributed by atoms with Crippen LogP contribution in [-0.4, -0.2) is 17.0 Å². The molecule has 1 atom stereocenters. The maximum absolute atomic E-state index is 4.72. The monoisotopic (exact) mass is 253 g/mol. The van der Waals surface area contributed by atoms with Crippen molar-refractivity contribution in [2.24, 2.45) is 0 Å². The zero-order chi connectivity index (χ0) is 13.4. The Bertz CT molecular complexity index is 619. The summed E-state index contributed by atoms with van der Waals surface area (Å²) in [6.07, 6.45) is 2.02. The van der Waals surface area contributed by atoms with Crippen LogP contribution < -0.4 is 5.32 Å². The molecule has 0 radical (unpaired) electrons. The van der Waals surface area contributed by atoms with E-state index in [1.807, 2.05) is 7.05 Å². The minimum Gasteiger partial charge on any atom is -0.373 e. The number of anilines is 1. The smallest absolute Gasteiger partial charge is 0.138 e. The molecule has 98 valence electrons. The van der Waals surface area contributed by atoms with Crippen molar-refractivity contribution in [3.63, 3.8) is 0 Å². The lowest BCUT2D eigenvalue weighted by Crippen LogP contribution is -2.21. The Morgan fingerprint density at radius 3 is 2.74 bits per heavy atom. The first-order chi connectivity index (χ1) is 9.24. The Labute approximate surface area is 114 Å². The molecule has 0 spiro atoms. The molecule has 0 bridgehead atoms. The number of fused-ring (bicyclic) bond motifs is 1. The van der Waals surface area contributed by atoms with Gasteiger partial charge >= 0.3 is 0 Å². The van der Waals surface area contributed by atoms with Gasteiger partial charge in [0.25, 0.3) is 0 Å². The molecule has 1 N–H and O–H groups in total. The maximum atomic E-state index is 4.72. The Kier molecular flexibility index (Phi) is 2.97. The number of benzene rings is 1. The van der Waals surface area contributed by atoms with Crippen LogP contribution in [0.1, 0.15) is 41.1 Å². The summed E-state index contributed by atoms with van der Waals surface area (Å²) in [6.45, 7) is 4.22. The summed E-state index contributed by atoms with van der Waals surface area (Å²) in [4.78, 5) is 9.44. The predicted molar refractivity (Wildman–Crippen MR) is 77.7 cm³/mol. The summed E-state index contributed by atoms with van der Waals surface area (Å²) in [5.74, 6) is 2.31. The van der Waals surface area contributed by atoms with Gasteiger partial charge in [-0.15, -0.1) is 0 Å². The Morgan fingerprint density at radius 2 is 2.05 bits per heavy atom. The Balaban J connectivity index is 2.02. The highest BCUT2D eigenvalue weighted by atomic mass is 15.0. The fraction of sp³-hybridized carbons (Fsp3) is 0.375. The molecule has 1 unspecified atom stereocenters. The average molecular weight is 253 g/mol. The van der Waals surface area contributed by atoms with Crippen molar-refractivity contribution in [2.45, 2.75) is 32.6 Å². The van der Waals surface area contributed by atoms with E-state index < -0.39 is 0 Å². The van der Waals surface area contributed by atoms with Crippen molar-refractivity contribution in [3.8, 4) is 0 Å². The predicted octanol–water partition coefficient (Wildman–Crippen LogP) is 3.08. The van der Waals surface area contributed by atoms with Crippen LogP contribution in [-0.2, 0) is 12.8 Å². The van der Waals surface area contributed by atoms with Crippen molar-refractivity contribution >= 4 is 5.82 Å². The number of aromatic nitrogens is 2. The summed E-state index contributed by atoms with van der Waals surface area (Å²) in [6, 6.07) is 8.57. The maximum Gasteiger partial charge on any atom is 0.138 e. The number of aryl methyl sites for hydroxylation is 1. The third-order valence-electron chi connectivity index (χ3n) is 3.99. The van der Waals surface area contributed by atoms with Gasteiger partial charge in [-0.25, -0.2) is 9.97 Å². The number of nitrogens with one attached hydrogen (secondary N) is 1. The van der Waals surface area contributed by atoms with E-state index in [0.717, 1.165) is 30.2 Å². The van der Waals surface area contributed by atoms with Crippen LogP contribution >= 0.6 is 0 Å². The van der Waals surface area contributed by atoms with E-state index in [1.54, 1.807) is 0 Å². The summed E-state index contributed by atoms with van der Waals surface area (Å²) < 4.78 is 0. The molecule has 1 aliphatic carbocycles. The lowest BCUT2D eigenvalue weighted by atomic mass is 9.77. The van der Waals surface area contributed by atoms with Crippen LogP contribution in [0.15, 0.2) is 24.3 Å². The number of hydrogen-bond acceptors (Lipinski definition) is 3. The van der Waals surface area contributed by atoms with Gasteiger partial charge in [-0.3, -0.25) is 0 Å². The van der Waals surface area contributed by atoms with Gasteiger partial charge < -0.3 is 5.32 Å². The lowest BCUT2D eigenvalue weighted by Gasteiger charge is -2.29. The average Bonchev–Trinajstić information content (AvgIpc) is 2.39. The normalized spacial score (nSPS) is 16.7. The van der Waals surface area contributed by atoms with Gasteiger partial charge in [-0.1, -0.05) is 31.2 Å². The fourth-order valence-electron chi connectivity index (χ4n) is 2.89. The van der Waals surface area contributed by atoms with E-state index in [9.17, 15) is 0 Å². The van der Waals surface area contributed by atoms with Crippen LogP contribution in [0.25, 0.3) is 0 Å². The molecule has 0 amide bonds. The van der Waals surface area contributed by atoms with Gasteiger partial charge in [0.05, 0.1) is 0 Å². The van der Waals surface area contributed by atoms with Crippen molar-refractivity contribution in [2.75, 3.05) is 12.4 Å². The molecule has 0 fully saturated rings. The molecule has 0 aliphatic heterocycles. The second kappa shape index (κ2) is 4.65. The van der Waals surface area contributed by atoms with Gasteiger partial charge in [-0.2, -0.15) is 0 Å². The summed E-state index contributed by atoms with van der Waals surface area (Å²) in [7, 11) is 1.93. The number of hydrogen-bond donors (Lipinski definition) is 1. The minimum absolute atomic E-state index is 0.368. The van der Waals surface area contributed by atoms with Crippen molar-refractivity contribution in [3.05, 3.63) is 52.5 Å². The van der Waals surface area contributed by atoms with Crippen LogP contribution in [0.4, 0.5) is 5.82 Å². The summed E-state index contributed by atoms with van der Waals surface area (Å²) in [5, 5.41) is 3.20. The SMILES string of the molecule is CCc1c(C)nc(C2Cc3ccccc32)nc1NC. The highest BCUT2D eigenvalue weighted by Crippen LogP contribution is 2.39. The van der Waals surface area contributed by atoms with Crippen LogP contribution in [0.2, 0.25) is 0 Å². The molecular formula is C16H19N3. The van der Waals surface area contributed by atoms with Crippen LogP contribution in [0, 0.1) is 6.92 Å². The van der Waals surface area contributed by atoms with E-state index in [-0.39, 0.29) is 0 Å². The molecule has 0 saturated heterocycles. The van der Waals surface area contributed by atoms with Gasteiger partial charge in [0, 0.05) is 24.2 Å². The standard InChI is InChI=1S/C16H19N3/c1-4-12-10(2)18-16(19-15(12)17-3)14-9-11-7-5-6-8-13(11)14/h5-8,14H,4,9H2,1-3H3,(H,17,18,19). The van der Waals surface area contributed by atoms with Crippen LogP contribution in [0.5, 0.6) is 0 Å². The highest BCUT2D eigenvalue weighted by molar-refractivity contribution is 5.49. The molecule has 19 heavy (non-hydrogen) atoms. The van der Waals surface area contributed by atoms with Crippen LogP contribution in [0.3, 0.4) is 0 Å². The Hall–Kier alpha value is -1.90. The second-order valence-electron chi connectivity index (χ2n) is 5.05. The molecule has 0 saturated carbocycles. The van der Waals surface area contributed by atoms with Crippen molar-refractivity contribution < 1.29 is 0 Å². The van der Waals surface area contributed by atoms with E-state index >= 15 is 0 Å². The number of rotatable bonds is 3. The molecule has 1 aromatic carbocycles. The third kappa shape index (κ3) is 1.89. The summed E-state index contributed by atoms with van der Waals surface area (Å²) >= 11 is 0. The molecule has 1 aliphatic rings. The largest absolute Gasteiger partial charge is 0.373 e. The zero-order valence-corrected chi connectivity index (χ0v) is 11.7. The minimum atomic E-state index is 0.368. The van der Waals surface area contributed by atoms with Gasteiger partial charge in [0.2, 0.25) is 0 Å². The topological polar surface area (TPSA) is 37.8 Å². The molecule has 3 nitrogen and oxygen atoms in total. The third-order valence-corrected chi connectivity index (χ3v) is 3.99. The van der Waals surface area contributed by atoms with E-state index in [2.05, 4.69) is 43.4 Å². The van der Waals surface area contributed by atoms with E-state index in [4.69, 9.17) is 9.97 Å². The van der Waals surface area contributed by atoms with E-state index in [1.165, 1.54) is 16.7 Å². The molecule has 1 aromatic heterocycles. The van der Waals surface area contributed by atoms with Gasteiger partial charge in [0.15, 0.2) is 0 Å². The molecular weight excluding hydrogens is 234 g/mol. The van der Waals surface area contributed by atoms with Gasteiger partial charge in [-0.05, 0) is 30.9 Å². The Morgan fingerprint density at radius 1 is 1.26 bits per heavy atom. The van der Waals surface area contributed by atoms with Crippen molar-refractivity contribution in [1.82, 2.24) is 9.97 Å². The first kappa shape index (κ1) is 12.2. The molecule has 1 heterocycles. The lowest BCUT2D eigenvalue weighted by molar-refractivity contribution is 0.655. The molecule has 3 rings (SSSR count). The number of nitrogens with zero attached hydrogens (tertiary/aromatic N) is 2. The first-order valence-corrected chi connectivity index (χ1v) is 6.87. The highest BCUT2D eigenvalue weighted by Gasteiger charge is 2.30. The quantitative estimate of drug-likeness (QED) is 0.913. The van der Waals surface area contributed by atoms with Crippen molar-refractivity contribution in [1.29, 1.82) is 0 Å². The molecule has 2 aromatic rings. The first-order valence-electron chi connectivity index (χ1n) is 6.87. The van der Waals surface area contributed by atoms with E-state index in [0.29, 0.717) is 5.92 Å². The molecule has 3 heteroatoms. The second-order valence-corrected chi connectivity index (χ2v) is 5.05. The summed E-state index contributed by atoms with van der Waals surface area (Å²) in [5.41, 5.74) is 5.13. The zero-order valence-electron chi connectivity index (χ0n) is 11.7.